The number of amides is 1. The molecule has 0 bridgehead atoms. The van der Waals surface area contributed by atoms with Crippen molar-refractivity contribution in [2.24, 2.45) is 11.8 Å². The molecule has 0 saturated carbocycles. The molecule has 0 fully saturated rings. The standard InChI is InChI=1S/C21H37N3O/c1-17(2)20(16-19-10-12-22-13-11-19)21(25)24(6)15-9-7-8-14-23(5)18(3)4/h10-13,17-18,20H,7-9,14-16H2,1-6H3/t20-/m0/s1. The molecule has 1 aromatic rings. The third-order valence-electron chi connectivity index (χ3n) is 5.09. The number of rotatable bonds is 11. The Morgan fingerprint density at radius 3 is 2.16 bits per heavy atom. The maximum atomic E-state index is 12.9. The lowest BCUT2D eigenvalue weighted by molar-refractivity contribution is -0.135. The number of aromatic nitrogens is 1. The third kappa shape index (κ3) is 8.00. The molecule has 142 valence electrons. The molecule has 0 N–H and O–H groups in total. The monoisotopic (exact) mass is 347 g/mol. The summed E-state index contributed by atoms with van der Waals surface area (Å²) in [6.07, 6.45) is 7.84. The summed E-state index contributed by atoms with van der Waals surface area (Å²) in [5, 5.41) is 0. The highest BCUT2D eigenvalue weighted by molar-refractivity contribution is 5.79. The Balaban J connectivity index is 2.41. The van der Waals surface area contributed by atoms with Crippen molar-refractivity contribution in [3.05, 3.63) is 30.1 Å². The minimum atomic E-state index is 0.0412. The number of unbranched alkanes of at least 4 members (excludes halogenated alkanes) is 2. The maximum Gasteiger partial charge on any atom is 0.226 e. The Bertz CT molecular complexity index is 487. The molecule has 0 spiro atoms. The number of carbonyl (C=O) groups is 1. The second-order valence-electron chi connectivity index (χ2n) is 7.80. The van der Waals surface area contributed by atoms with Gasteiger partial charge in [-0.3, -0.25) is 9.78 Å². The normalized spacial score (nSPS) is 12.8. The van der Waals surface area contributed by atoms with Gasteiger partial charge in [-0.1, -0.05) is 20.3 Å². The molecule has 0 aliphatic carbocycles. The van der Waals surface area contributed by atoms with Crippen LogP contribution in [0.4, 0.5) is 0 Å². The van der Waals surface area contributed by atoms with Crippen LogP contribution in [0.5, 0.6) is 0 Å². The molecule has 25 heavy (non-hydrogen) atoms. The van der Waals surface area contributed by atoms with Gasteiger partial charge < -0.3 is 9.80 Å². The van der Waals surface area contributed by atoms with Crippen molar-refractivity contribution in [2.75, 3.05) is 27.2 Å². The number of carbonyl (C=O) groups excluding carboxylic acids is 1. The number of nitrogens with zero attached hydrogens (tertiary/aromatic N) is 3. The van der Waals surface area contributed by atoms with E-state index in [1.807, 2.05) is 24.1 Å². The van der Waals surface area contributed by atoms with Crippen molar-refractivity contribution in [1.29, 1.82) is 0 Å². The molecule has 0 aliphatic rings. The molecule has 0 aliphatic heterocycles. The van der Waals surface area contributed by atoms with E-state index in [9.17, 15) is 4.79 Å². The van der Waals surface area contributed by atoms with Crippen LogP contribution in [0.25, 0.3) is 0 Å². The van der Waals surface area contributed by atoms with E-state index in [0.29, 0.717) is 12.0 Å². The lowest BCUT2D eigenvalue weighted by atomic mass is 9.88. The highest BCUT2D eigenvalue weighted by Gasteiger charge is 2.25. The molecule has 0 unspecified atom stereocenters. The van der Waals surface area contributed by atoms with Crippen LogP contribution >= 0.6 is 0 Å². The van der Waals surface area contributed by atoms with Gasteiger partial charge in [-0.15, -0.1) is 0 Å². The van der Waals surface area contributed by atoms with Gasteiger partial charge in [-0.05, 0) is 70.3 Å². The Hall–Kier alpha value is -1.42. The average molecular weight is 348 g/mol. The topological polar surface area (TPSA) is 36.4 Å². The molecular weight excluding hydrogens is 310 g/mol. The lowest BCUT2D eigenvalue weighted by Gasteiger charge is -2.26. The highest BCUT2D eigenvalue weighted by atomic mass is 16.2. The Morgan fingerprint density at radius 1 is 1.00 bits per heavy atom. The smallest absolute Gasteiger partial charge is 0.226 e. The van der Waals surface area contributed by atoms with E-state index >= 15 is 0 Å². The van der Waals surface area contributed by atoms with Crippen molar-refractivity contribution in [3.8, 4) is 0 Å². The SMILES string of the molecule is CC(C)[C@H](Cc1ccncc1)C(=O)N(C)CCCCCN(C)C(C)C. The fourth-order valence-electron chi connectivity index (χ4n) is 2.92. The Kier molecular flexibility index (Phi) is 9.73. The van der Waals surface area contributed by atoms with Crippen LogP contribution in [-0.4, -0.2) is 53.9 Å². The summed E-state index contributed by atoms with van der Waals surface area (Å²) in [4.78, 5) is 21.2. The summed E-state index contributed by atoms with van der Waals surface area (Å²) in [6.45, 7) is 10.7. The quantitative estimate of drug-likeness (QED) is 0.570. The summed E-state index contributed by atoms with van der Waals surface area (Å²) >= 11 is 0. The van der Waals surface area contributed by atoms with Crippen molar-refractivity contribution in [1.82, 2.24) is 14.8 Å². The first-order valence-corrected chi connectivity index (χ1v) is 9.67. The van der Waals surface area contributed by atoms with Crippen LogP contribution in [0.1, 0.15) is 52.5 Å². The van der Waals surface area contributed by atoms with Crippen LogP contribution in [0.2, 0.25) is 0 Å². The largest absolute Gasteiger partial charge is 0.346 e. The summed E-state index contributed by atoms with van der Waals surface area (Å²) in [5.41, 5.74) is 1.19. The van der Waals surface area contributed by atoms with Crippen LogP contribution in [-0.2, 0) is 11.2 Å². The minimum Gasteiger partial charge on any atom is -0.346 e. The number of pyridine rings is 1. The van der Waals surface area contributed by atoms with E-state index in [1.165, 1.54) is 18.4 Å². The Labute approximate surface area is 154 Å². The second-order valence-corrected chi connectivity index (χ2v) is 7.80. The van der Waals surface area contributed by atoms with E-state index in [4.69, 9.17) is 0 Å². The molecule has 0 saturated heterocycles. The first-order chi connectivity index (χ1) is 11.8. The van der Waals surface area contributed by atoms with Gasteiger partial charge in [0.2, 0.25) is 5.91 Å². The van der Waals surface area contributed by atoms with Crippen molar-refractivity contribution in [2.45, 2.75) is 59.4 Å². The predicted octanol–water partition coefficient (Wildman–Crippen LogP) is 3.87. The summed E-state index contributed by atoms with van der Waals surface area (Å²) in [6, 6.07) is 4.62. The fourth-order valence-corrected chi connectivity index (χ4v) is 2.92. The molecule has 1 amide bonds. The fraction of sp³-hybridized carbons (Fsp3) is 0.714. The van der Waals surface area contributed by atoms with E-state index in [1.54, 1.807) is 12.4 Å². The van der Waals surface area contributed by atoms with Crippen LogP contribution in [0, 0.1) is 11.8 Å². The van der Waals surface area contributed by atoms with Gasteiger partial charge in [0.05, 0.1) is 0 Å². The molecule has 1 rings (SSSR count). The third-order valence-corrected chi connectivity index (χ3v) is 5.09. The van der Waals surface area contributed by atoms with E-state index in [-0.39, 0.29) is 11.8 Å². The van der Waals surface area contributed by atoms with Crippen LogP contribution < -0.4 is 0 Å². The molecule has 4 heteroatoms. The van der Waals surface area contributed by atoms with E-state index in [0.717, 1.165) is 25.9 Å². The van der Waals surface area contributed by atoms with Gasteiger partial charge in [0, 0.05) is 37.9 Å². The summed E-state index contributed by atoms with van der Waals surface area (Å²) < 4.78 is 0. The van der Waals surface area contributed by atoms with Crippen molar-refractivity contribution in [3.63, 3.8) is 0 Å². The van der Waals surface area contributed by atoms with E-state index < -0.39 is 0 Å². The zero-order chi connectivity index (χ0) is 18.8. The van der Waals surface area contributed by atoms with Crippen LogP contribution in [0.15, 0.2) is 24.5 Å². The van der Waals surface area contributed by atoms with Gasteiger partial charge in [0.25, 0.3) is 0 Å². The summed E-state index contributed by atoms with van der Waals surface area (Å²) in [5.74, 6) is 0.647. The van der Waals surface area contributed by atoms with Crippen molar-refractivity contribution >= 4 is 5.91 Å². The van der Waals surface area contributed by atoms with Crippen molar-refractivity contribution < 1.29 is 4.79 Å². The van der Waals surface area contributed by atoms with Gasteiger partial charge in [0.1, 0.15) is 0 Å². The zero-order valence-electron chi connectivity index (χ0n) is 17.0. The van der Waals surface area contributed by atoms with Crippen LogP contribution in [0.3, 0.4) is 0 Å². The number of hydrogen-bond donors (Lipinski definition) is 0. The van der Waals surface area contributed by atoms with Gasteiger partial charge in [-0.25, -0.2) is 0 Å². The molecule has 1 aromatic heterocycles. The molecule has 1 atom stereocenters. The highest BCUT2D eigenvalue weighted by Crippen LogP contribution is 2.19. The lowest BCUT2D eigenvalue weighted by Crippen LogP contribution is -2.37. The first kappa shape index (κ1) is 21.6. The average Bonchev–Trinajstić information content (AvgIpc) is 2.58. The minimum absolute atomic E-state index is 0.0412. The van der Waals surface area contributed by atoms with E-state index in [2.05, 4.69) is 44.6 Å². The molecule has 4 nitrogen and oxygen atoms in total. The van der Waals surface area contributed by atoms with Gasteiger partial charge in [0.15, 0.2) is 0 Å². The maximum absolute atomic E-state index is 12.9. The predicted molar refractivity (Wildman–Crippen MR) is 106 cm³/mol. The summed E-state index contributed by atoms with van der Waals surface area (Å²) in [7, 11) is 4.12. The molecule has 0 radical (unpaired) electrons. The zero-order valence-corrected chi connectivity index (χ0v) is 17.0. The number of hydrogen-bond acceptors (Lipinski definition) is 3. The molecular formula is C21H37N3O. The first-order valence-electron chi connectivity index (χ1n) is 9.67. The van der Waals surface area contributed by atoms with Gasteiger partial charge in [-0.2, -0.15) is 0 Å². The Morgan fingerprint density at radius 2 is 1.60 bits per heavy atom. The second kappa shape index (κ2) is 11.2. The molecule has 1 heterocycles. The molecule has 0 aromatic carbocycles. The van der Waals surface area contributed by atoms with Gasteiger partial charge >= 0.3 is 0 Å².